The van der Waals surface area contributed by atoms with Gasteiger partial charge in [-0.3, -0.25) is 9.59 Å². The van der Waals surface area contributed by atoms with E-state index < -0.39 is 0 Å². The van der Waals surface area contributed by atoms with Crippen LogP contribution in [0.2, 0.25) is 5.02 Å². The Bertz CT molecular complexity index is 672. The molecule has 0 aliphatic heterocycles. The van der Waals surface area contributed by atoms with Gasteiger partial charge >= 0.3 is 0 Å². The van der Waals surface area contributed by atoms with E-state index in [0.29, 0.717) is 15.7 Å². The highest BCUT2D eigenvalue weighted by Gasteiger charge is 2.17. The summed E-state index contributed by atoms with van der Waals surface area (Å²) in [5, 5.41) is 5.49. The van der Waals surface area contributed by atoms with Crippen LogP contribution in [-0.4, -0.2) is 42.3 Å². The predicted molar refractivity (Wildman–Crippen MR) is 83.6 cm³/mol. The zero-order valence-electron chi connectivity index (χ0n) is 11.6. The monoisotopic (exact) mass is 323 g/mol. The van der Waals surface area contributed by atoms with Crippen molar-refractivity contribution in [2.75, 3.05) is 20.6 Å². The normalized spacial score (nSPS) is 10.2. The number of hydrogen-bond acceptors (Lipinski definition) is 4. The predicted octanol–water partition coefficient (Wildman–Crippen LogP) is 2.28. The smallest absolute Gasteiger partial charge is 0.273 e. The second-order valence-corrected chi connectivity index (χ2v) is 5.68. The molecule has 5 nitrogen and oxygen atoms in total. The van der Waals surface area contributed by atoms with E-state index in [1.807, 2.05) is 12.1 Å². The average Bonchev–Trinajstić information content (AvgIpc) is 2.96. The number of nitrogens with zero attached hydrogens (tertiary/aromatic N) is 2. The van der Waals surface area contributed by atoms with E-state index in [-0.39, 0.29) is 18.4 Å². The summed E-state index contributed by atoms with van der Waals surface area (Å²) in [6, 6.07) is 7.29. The van der Waals surface area contributed by atoms with Crippen molar-refractivity contribution in [3.63, 3.8) is 0 Å². The quantitative estimate of drug-likeness (QED) is 0.939. The standard InChI is InChI=1S/C14H14ClN3O2S/c1-16-12(19)7-18(2)14(20)11-8-21-13(17-11)9-4-3-5-10(15)6-9/h3-6,8H,7H2,1-2H3,(H,16,19). The molecule has 7 heteroatoms. The maximum absolute atomic E-state index is 12.2. The minimum absolute atomic E-state index is 0.000636. The zero-order valence-corrected chi connectivity index (χ0v) is 13.2. The number of halogens is 1. The van der Waals surface area contributed by atoms with Gasteiger partial charge in [0.1, 0.15) is 10.7 Å². The molecule has 0 fully saturated rings. The van der Waals surface area contributed by atoms with Gasteiger partial charge in [-0.1, -0.05) is 23.7 Å². The Morgan fingerprint density at radius 3 is 2.86 bits per heavy atom. The highest BCUT2D eigenvalue weighted by atomic mass is 35.5. The molecular formula is C14H14ClN3O2S. The lowest BCUT2D eigenvalue weighted by Crippen LogP contribution is -2.37. The molecule has 0 bridgehead atoms. The molecule has 0 saturated carbocycles. The second-order valence-electron chi connectivity index (χ2n) is 4.38. The van der Waals surface area contributed by atoms with Crippen molar-refractivity contribution in [3.05, 3.63) is 40.4 Å². The molecule has 0 atom stereocenters. The van der Waals surface area contributed by atoms with Gasteiger partial charge in [0.25, 0.3) is 5.91 Å². The van der Waals surface area contributed by atoms with Gasteiger partial charge in [0.15, 0.2) is 0 Å². The zero-order chi connectivity index (χ0) is 15.4. The summed E-state index contributed by atoms with van der Waals surface area (Å²) in [6.07, 6.45) is 0. The molecule has 2 amide bonds. The van der Waals surface area contributed by atoms with E-state index in [2.05, 4.69) is 10.3 Å². The molecule has 1 N–H and O–H groups in total. The van der Waals surface area contributed by atoms with Crippen molar-refractivity contribution in [2.24, 2.45) is 0 Å². The van der Waals surface area contributed by atoms with Crippen LogP contribution in [0, 0.1) is 0 Å². The van der Waals surface area contributed by atoms with Crippen molar-refractivity contribution in [1.29, 1.82) is 0 Å². The van der Waals surface area contributed by atoms with Crippen molar-refractivity contribution in [1.82, 2.24) is 15.2 Å². The van der Waals surface area contributed by atoms with E-state index in [4.69, 9.17) is 11.6 Å². The maximum atomic E-state index is 12.2. The van der Waals surface area contributed by atoms with Gasteiger partial charge in [0.05, 0.1) is 6.54 Å². The lowest BCUT2D eigenvalue weighted by Gasteiger charge is -2.14. The van der Waals surface area contributed by atoms with Crippen LogP contribution < -0.4 is 5.32 Å². The van der Waals surface area contributed by atoms with E-state index in [1.165, 1.54) is 23.3 Å². The first-order chi connectivity index (χ1) is 10.0. The van der Waals surface area contributed by atoms with Crippen LogP contribution in [0.1, 0.15) is 10.5 Å². The SMILES string of the molecule is CNC(=O)CN(C)C(=O)c1csc(-c2cccc(Cl)c2)n1. The van der Waals surface area contributed by atoms with Gasteiger partial charge in [0, 0.05) is 30.1 Å². The minimum Gasteiger partial charge on any atom is -0.358 e. The molecular weight excluding hydrogens is 310 g/mol. The molecule has 1 heterocycles. The summed E-state index contributed by atoms with van der Waals surface area (Å²) in [4.78, 5) is 29.1. The van der Waals surface area contributed by atoms with Crippen molar-refractivity contribution in [3.8, 4) is 10.6 Å². The Morgan fingerprint density at radius 1 is 1.43 bits per heavy atom. The third-order valence-electron chi connectivity index (χ3n) is 2.80. The van der Waals surface area contributed by atoms with Gasteiger partial charge in [-0.15, -0.1) is 11.3 Å². The number of nitrogens with one attached hydrogen (secondary N) is 1. The average molecular weight is 324 g/mol. The van der Waals surface area contributed by atoms with E-state index in [9.17, 15) is 9.59 Å². The number of likely N-dealkylation sites (N-methyl/N-ethyl adjacent to an activating group) is 2. The fraction of sp³-hybridized carbons (Fsp3) is 0.214. The maximum Gasteiger partial charge on any atom is 0.273 e. The Labute approximate surface area is 131 Å². The van der Waals surface area contributed by atoms with Crippen LogP contribution in [0.25, 0.3) is 10.6 Å². The van der Waals surface area contributed by atoms with Crippen molar-refractivity contribution >= 4 is 34.8 Å². The van der Waals surface area contributed by atoms with Crippen LogP contribution in [0.4, 0.5) is 0 Å². The molecule has 0 unspecified atom stereocenters. The molecule has 1 aromatic heterocycles. The van der Waals surface area contributed by atoms with Gasteiger partial charge in [0.2, 0.25) is 5.91 Å². The summed E-state index contributed by atoms with van der Waals surface area (Å²) in [6.45, 7) is -0.000636. The van der Waals surface area contributed by atoms with E-state index >= 15 is 0 Å². The van der Waals surface area contributed by atoms with Crippen molar-refractivity contribution < 1.29 is 9.59 Å². The Kier molecular flexibility index (Phi) is 4.93. The molecule has 110 valence electrons. The molecule has 0 aliphatic carbocycles. The molecule has 0 aliphatic rings. The first-order valence-corrected chi connectivity index (χ1v) is 7.44. The lowest BCUT2D eigenvalue weighted by atomic mass is 10.2. The van der Waals surface area contributed by atoms with Crippen LogP contribution >= 0.6 is 22.9 Å². The van der Waals surface area contributed by atoms with Crippen LogP contribution in [0.3, 0.4) is 0 Å². The lowest BCUT2D eigenvalue weighted by molar-refractivity contribution is -0.121. The van der Waals surface area contributed by atoms with Gasteiger partial charge < -0.3 is 10.2 Å². The number of carbonyl (C=O) groups excluding carboxylic acids is 2. The summed E-state index contributed by atoms with van der Waals surface area (Å²) in [5.41, 5.74) is 1.18. The van der Waals surface area contributed by atoms with E-state index in [1.54, 1.807) is 24.6 Å². The molecule has 0 saturated heterocycles. The summed E-state index contributed by atoms with van der Waals surface area (Å²) in [7, 11) is 3.09. The Hall–Kier alpha value is -1.92. The van der Waals surface area contributed by atoms with Crippen LogP contribution in [0.15, 0.2) is 29.6 Å². The van der Waals surface area contributed by atoms with E-state index in [0.717, 1.165) is 5.56 Å². The van der Waals surface area contributed by atoms with Gasteiger partial charge in [-0.2, -0.15) is 0 Å². The Morgan fingerprint density at radius 2 is 2.19 bits per heavy atom. The highest BCUT2D eigenvalue weighted by Crippen LogP contribution is 2.26. The van der Waals surface area contributed by atoms with Crippen LogP contribution in [-0.2, 0) is 4.79 Å². The topological polar surface area (TPSA) is 62.3 Å². The number of hydrogen-bond donors (Lipinski definition) is 1. The van der Waals surface area contributed by atoms with Crippen LogP contribution in [0.5, 0.6) is 0 Å². The molecule has 21 heavy (non-hydrogen) atoms. The number of carbonyl (C=O) groups is 2. The molecule has 2 aromatic rings. The van der Waals surface area contributed by atoms with Gasteiger partial charge in [-0.05, 0) is 12.1 Å². The third-order valence-corrected chi connectivity index (χ3v) is 3.93. The van der Waals surface area contributed by atoms with Crippen molar-refractivity contribution in [2.45, 2.75) is 0 Å². The minimum atomic E-state index is -0.289. The number of benzene rings is 1. The number of rotatable bonds is 4. The first-order valence-electron chi connectivity index (χ1n) is 6.18. The third kappa shape index (κ3) is 3.80. The Balaban J connectivity index is 2.16. The summed E-state index contributed by atoms with van der Waals surface area (Å²) < 4.78 is 0. The highest BCUT2D eigenvalue weighted by molar-refractivity contribution is 7.13. The fourth-order valence-corrected chi connectivity index (χ4v) is 2.67. The number of thiazole rings is 1. The molecule has 0 radical (unpaired) electrons. The molecule has 2 rings (SSSR count). The number of aromatic nitrogens is 1. The molecule has 0 spiro atoms. The summed E-state index contributed by atoms with van der Waals surface area (Å²) >= 11 is 7.31. The first kappa shape index (κ1) is 15.5. The number of amides is 2. The summed E-state index contributed by atoms with van der Waals surface area (Å²) in [5.74, 6) is -0.515. The van der Waals surface area contributed by atoms with Gasteiger partial charge in [-0.25, -0.2) is 4.98 Å². The fourth-order valence-electron chi connectivity index (χ4n) is 1.69. The largest absolute Gasteiger partial charge is 0.358 e. The second kappa shape index (κ2) is 6.69. The molecule has 1 aromatic carbocycles.